The second kappa shape index (κ2) is 5.94. The fraction of sp³-hybridized carbons (Fsp3) is 0. The van der Waals surface area contributed by atoms with Crippen molar-refractivity contribution in [1.82, 2.24) is 5.16 Å². The van der Waals surface area contributed by atoms with Crippen LogP contribution in [0.4, 0.5) is 5.69 Å². The molecule has 0 bridgehead atoms. The maximum Gasteiger partial charge on any atom is 0.277 e. The minimum absolute atomic E-state index is 0.197. The predicted octanol–water partition coefficient (Wildman–Crippen LogP) is 3.47. The molecule has 1 aromatic heterocycles. The topological polar surface area (TPSA) is 78.9 Å². The van der Waals surface area contributed by atoms with Gasteiger partial charge in [-0.05, 0) is 24.3 Å². The van der Waals surface area contributed by atoms with E-state index < -0.39 is 0 Å². The van der Waals surface area contributed by atoms with Gasteiger partial charge in [-0.2, -0.15) is 5.26 Å². The fourth-order valence-corrected chi connectivity index (χ4v) is 1.94. The molecule has 0 aliphatic carbocycles. The lowest BCUT2D eigenvalue weighted by Crippen LogP contribution is -2.11. The third-order valence-electron chi connectivity index (χ3n) is 3.07. The van der Waals surface area contributed by atoms with Crippen LogP contribution < -0.4 is 5.32 Å². The maximum atomic E-state index is 12.1. The molecule has 0 unspecified atom stereocenters. The normalized spacial score (nSPS) is 9.95. The van der Waals surface area contributed by atoms with Gasteiger partial charge >= 0.3 is 0 Å². The van der Waals surface area contributed by atoms with E-state index in [0.29, 0.717) is 17.0 Å². The van der Waals surface area contributed by atoms with Gasteiger partial charge in [-0.25, -0.2) is 0 Å². The first kappa shape index (κ1) is 13.6. The number of hydrogen-bond donors (Lipinski definition) is 1. The third-order valence-corrected chi connectivity index (χ3v) is 3.07. The quantitative estimate of drug-likeness (QED) is 0.800. The van der Waals surface area contributed by atoms with Crippen LogP contribution in [0.2, 0.25) is 0 Å². The molecule has 0 spiro atoms. The van der Waals surface area contributed by atoms with Gasteiger partial charge in [0.2, 0.25) is 0 Å². The van der Waals surface area contributed by atoms with Gasteiger partial charge in [0.05, 0.1) is 11.6 Å². The molecule has 3 rings (SSSR count). The maximum absolute atomic E-state index is 12.1. The Morgan fingerprint density at radius 2 is 1.82 bits per heavy atom. The van der Waals surface area contributed by atoms with E-state index in [9.17, 15) is 4.79 Å². The molecule has 1 amide bonds. The first-order valence-electron chi connectivity index (χ1n) is 6.60. The summed E-state index contributed by atoms with van der Waals surface area (Å²) in [4.78, 5) is 12.1. The molecule has 0 radical (unpaired) electrons. The van der Waals surface area contributed by atoms with Crippen LogP contribution in [0.1, 0.15) is 16.1 Å². The Balaban J connectivity index is 1.75. The van der Waals surface area contributed by atoms with E-state index in [-0.39, 0.29) is 11.6 Å². The predicted molar refractivity (Wildman–Crippen MR) is 81.0 cm³/mol. The van der Waals surface area contributed by atoms with E-state index in [2.05, 4.69) is 10.5 Å². The molecule has 1 N–H and O–H groups in total. The van der Waals surface area contributed by atoms with Gasteiger partial charge in [0.15, 0.2) is 11.5 Å². The zero-order valence-corrected chi connectivity index (χ0v) is 11.5. The fourth-order valence-electron chi connectivity index (χ4n) is 1.94. The SMILES string of the molecule is N#Cc1ccc(NC(=O)c2cc(-c3ccccc3)on2)cc1. The van der Waals surface area contributed by atoms with Crippen LogP contribution in [0.15, 0.2) is 65.2 Å². The number of anilines is 1. The zero-order chi connectivity index (χ0) is 15.4. The third kappa shape index (κ3) is 2.86. The van der Waals surface area contributed by atoms with Crippen LogP contribution in [-0.4, -0.2) is 11.1 Å². The highest BCUT2D eigenvalue weighted by Crippen LogP contribution is 2.20. The van der Waals surface area contributed by atoms with Crippen LogP contribution in [-0.2, 0) is 0 Å². The first-order valence-corrected chi connectivity index (χ1v) is 6.60. The Bertz CT molecular complexity index is 830. The Labute approximate surface area is 126 Å². The average molecular weight is 289 g/mol. The van der Waals surface area contributed by atoms with Crippen molar-refractivity contribution >= 4 is 11.6 Å². The number of carbonyl (C=O) groups is 1. The van der Waals surface area contributed by atoms with E-state index in [1.165, 1.54) is 0 Å². The highest BCUT2D eigenvalue weighted by Gasteiger charge is 2.13. The smallest absolute Gasteiger partial charge is 0.277 e. The molecular weight excluding hydrogens is 278 g/mol. The molecule has 0 saturated heterocycles. The van der Waals surface area contributed by atoms with Crippen LogP contribution in [0.25, 0.3) is 11.3 Å². The van der Waals surface area contributed by atoms with Crippen LogP contribution in [0.3, 0.4) is 0 Å². The summed E-state index contributed by atoms with van der Waals surface area (Å²) in [5, 5.41) is 15.2. The number of hydrogen-bond acceptors (Lipinski definition) is 4. The molecule has 0 aliphatic rings. The molecular formula is C17H11N3O2. The van der Waals surface area contributed by atoms with Gasteiger partial charge in [-0.15, -0.1) is 0 Å². The Morgan fingerprint density at radius 3 is 2.50 bits per heavy atom. The monoisotopic (exact) mass is 289 g/mol. The number of rotatable bonds is 3. The summed E-state index contributed by atoms with van der Waals surface area (Å²) < 4.78 is 5.19. The summed E-state index contributed by atoms with van der Waals surface area (Å²) in [6.45, 7) is 0. The number of aromatic nitrogens is 1. The summed E-state index contributed by atoms with van der Waals surface area (Å²) >= 11 is 0. The molecule has 5 nitrogen and oxygen atoms in total. The molecule has 2 aromatic carbocycles. The molecule has 22 heavy (non-hydrogen) atoms. The van der Waals surface area contributed by atoms with Crippen molar-refractivity contribution < 1.29 is 9.32 Å². The summed E-state index contributed by atoms with van der Waals surface area (Å²) in [6, 6.07) is 19.6. The Kier molecular flexibility index (Phi) is 3.67. The zero-order valence-electron chi connectivity index (χ0n) is 11.5. The summed E-state index contributed by atoms with van der Waals surface area (Å²) in [5.74, 6) is 0.168. The largest absolute Gasteiger partial charge is 0.355 e. The van der Waals surface area contributed by atoms with E-state index in [1.807, 2.05) is 36.4 Å². The van der Waals surface area contributed by atoms with Crippen molar-refractivity contribution in [3.05, 3.63) is 71.9 Å². The summed E-state index contributed by atoms with van der Waals surface area (Å²) in [5.41, 5.74) is 2.18. The van der Waals surface area contributed by atoms with Crippen molar-refractivity contribution in [3.8, 4) is 17.4 Å². The second-order valence-corrected chi connectivity index (χ2v) is 4.59. The molecule has 0 saturated carbocycles. The van der Waals surface area contributed by atoms with Crippen molar-refractivity contribution in [1.29, 1.82) is 5.26 Å². The highest BCUT2D eigenvalue weighted by molar-refractivity contribution is 6.03. The lowest BCUT2D eigenvalue weighted by Gasteiger charge is -2.01. The van der Waals surface area contributed by atoms with Gasteiger partial charge < -0.3 is 9.84 Å². The van der Waals surface area contributed by atoms with E-state index >= 15 is 0 Å². The van der Waals surface area contributed by atoms with E-state index in [1.54, 1.807) is 30.3 Å². The van der Waals surface area contributed by atoms with Crippen molar-refractivity contribution in [3.63, 3.8) is 0 Å². The number of carbonyl (C=O) groups excluding carboxylic acids is 1. The number of benzene rings is 2. The molecule has 3 aromatic rings. The van der Waals surface area contributed by atoms with E-state index in [0.717, 1.165) is 5.56 Å². The van der Waals surface area contributed by atoms with Crippen molar-refractivity contribution in [2.24, 2.45) is 0 Å². The standard InChI is InChI=1S/C17H11N3O2/c18-11-12-6-8-14(9-7-12)19-17(21)15-10-16(22-20-15)13-4-2-1-3-5-13/h1-10H,(H,19,21). The van der Waals surface area contributed by atoms with E-state index in [4.69, 9.17) is 9.78 Å². The molecule has 5 heteroatoms. The Morgan fingerprint density at radius 1 is 1.09 bits per heavy atom. The van der Waals surface area contributed by atoms with Gasteiger partial charge in [-0.1, -0.05) is 35.5 Å². The molecule has 0 atom stereocenters. The van der Waals surface area contributed by atoms with Crippen molar-refractivity contribution in [2.45, 2.75) is 0 Å². The van der Waals surface area contributed by atoms with Crippen LogP contribution in [0.5, 0.6) is 0 Å². The molecule has 0 aliphatic heterocycles. The number of nitriles is 1. The minimum atomic E-state index is -0.365. The summed E-state index contributed by atoms with van der Waals surface area (Å²) in [7, 11) is 0. The van der Waals surface area contributed by atoms with Crippen molar-refractivity contribution in [2.75, 3.05) is 5.32 Å². The average Bonchev–Trinajstić information content (AvgIpc) is 3.06. The van der Waals surface area contributed by atoms with Crippen LogP contribution in [0, 0.1) is 11.3 Å². The molecule has 0 fully saturated rings. The van der Waals surface area contributed by atoms with Gasteiger partial charge in [0.25, 0.3) is 5.91 Å². The van der Waals surface area contributed by atoms with Crippen LogP contribution >= 0.6 is 0 Å². The van der Waals surface area contributed by atoms with Gasteiger partial charge in [0, 0.05) is 17.3 Å². The number of nitrogens with zero attached hydrogens (tertiary/aromatic N) is 2. The highest BCUT2D eigenvalue weighted by atomic mass is 16.5. The second-order valence-electron chi connectivity index (χ2n) is 4.59. The molecule has 1 heterocycles. The van der Waals surface area contributed by atoms with Gasteiger partial charge in [-0.3, -0.25) is 4.79 Å². The number of nitrogens with one attached hydrogen (secondary N) is 1. The Hall–Kier alpha value is -3.39. The first-order chi connectivity index (χ1) is 10.8. The molecule has 106 valence electrons. The lowest BCUT2D eigenvalue weighted by atomic mass is 10.1. The van der Waals surface area contributed by atoms with Gasteiger partial charge in [0.1, 0.15) is 0 Å². The lowest BCUT2D eigenvalue weighted by molar-refractivity contribution is 0.101. The number of amides is 1. The minimum Gasteiger partial charge on any atom is -0.355 e. The summed E-state index contributed by atoms with van der Waals surface area (Å²) in [6.07, 6.45) is 0.